The Balaban J connectivity index is 1.28. The molecule has 0 aliphatic carbocycles. The number of anilines is 3. The third-order valence-corrected chi connectivity index (χ3v) is 8.76. The number of aromatic nitrogens is 3. The number of nitrogens with one attached hydrogen (secondary N) is 1. The van der Waals surface area contributed by atoms with Crippen molar-refractivity contribution < 1.29 is 9.53 Å². The SMILES string of the molecule is Cc1ccccc1Oc1cc2cnc(Nc3ccc(N4CCN(C)CC4)cc3)nc2n(C2Cc3ccccc3C(=O)N2C)c1=O. The molecule has 1 saturated heterocycles. The zero-order chi connectivity index (χ0) is 31.1. The van der Waals surface area contributed by atoms with E-state index in [1.807, 2.05) is 67.6 Å². The van der Waals surface area contributed by atoms with E-state index >= 15 is 0 Å². The Kier molecular flexibility index (Phi) is 7.42. The fourth-order valence-electron chi connectivity index (χ4n) is 6.07. The third kappa shape index (κ3) is 5.49. The molecule has 2 aliphatic rings. The highest BCUT2D eigenvalue weighted by Crippen LogP contribution is 2.32. The minimum Gasteiger partial charge on any atom is -0.451 e. The Labute approximate surface area is 261 Å². The summed E-state index contributed by atoms with van der Waals surface area (Å²) in [6.45, 7) is 5.99. The Morgan fingerprint density at radius 1 is 0.867 bits per heavy atom. The van der Waals surface area contributed by atoms with Crippen LogP contribution in [-0.4, -0.2) is 70.5 Å². The van der Waals surface area contributed by atoms with Crippen molar-refractivity contribution >= 4 is 34.3 Å². The molecule has 0 spiro atoms. The second-order valence-electron chi connectivity index (χ2n) is 11.7. The number of carbonyl (C=O) groups excluding carboxylic acids is 1. The number of nitrogens with zero attached hydrogens (tertiary/aromatic N) is 6. The van der Waals surface area contributed by atoms with Crippen molar-refractivity contribution in [1.82, 2.24) is 24.3 Å². The quantitative estimate of drug-likeness (QED) is 0.283. The summed E-state index contributed by atoms with van der Waals surface area (Å²) in [6, 6.07) is 25.0. The van der Waals surface area contributed by atoms with Crippen LogP contribution in [0.4, 0.5) is 17.3 Å². The van der Waals surface area contributed by atoms with E-state index in [4.69, 9.17) is 9.72 Å². The summed E-state index contributed by atoms with van der Waals surface area (Å²) in [4.78, 5) is 43.5. The maximum Gasteiger partial charge on any atom is 0.296 e. The summed E-state index contributed by atoms with van der Waals surface area (Å²) in [5.41, 5.74) is 4.45. The molecule has 3 aromatic carbocycles. The summed E-state index contributed by atoms with van der Waals surface area (Å²) in [6.07, 6.45) is 1.51. The van der Waals surface area contributed by atoms with Gasteiger partial charge in [0.25, 0.3) is 11.5 Å². The first kappa shape index (κ1) is 28.5. The normalized spacial score (nSPS) is 17.0. The number of aryl methyl sites for hydroxylation is 1. The largest absolute Gasteiger partial charge is 0.451 e. The van der Waals surface area contributed by atoms with Crippen molar-refractivity contribution in [2.45, 2.75) is 19.5 Å². The lowest BCUT2D eigenvalue weighted by Gasteiger charge is -2.35. The molecule has 228 valence electrons. The molecule has 1 atom stereocenters. The Bertz CT molecular complexity index is 1950. The number of likely N-dealkylation sites (N-methyl/N-ethyl adjacent to an activating group) is 2. The van der Waals surface area contributed by atoms with Crippen molar-refractivity contribution in [3.05, 3.63) is 112 Å². The van der Waals surface area contributed by atoms with Gasteiger partial charge < -0.3 is 24.8 Å². The number of rotatable bonds is 6. The first-order valence-electron chi connectivity index (χ1n) is 15.2. The van der Waals surface area contributed by atoms with Gasteiger partial charge in [-0.25, -0.2) is 4.98 Å². The van der Waals surface area contributed by atoms with Crippen molar-refractivity contribution in [3.63, 3.8) is 0 Å². The number of benzene rings is 3. The molecule has 5 aromatic rings. The number of hydrogen-bond acceptors (Lipinski definition) is 8. The van der Waals surface area contributed by atoms with Crippen LogP contribution in [0.5, 0.6) is 11.5 Å². The van der Waals surface area contributed by atoms with Gasteiger partial charge in [-0.3, -0.25) is 14.2 Å². The average Bonchev–Trinajstić information content (AvgIpc) is 3.05. The summed E-state index contributed by atoms with van der Waals surface area (Å²) in [5.74, 6) is 0.916. The number of fused-ring (bicyclic) bond motifs is 2. The van der Waals surface area contributed by atoms with Crippen LogP contribution >= 0.6 is 0 Å². The molecule has 1 amide bonds. The van der Waals surface area contributed by atoms with Crippen LogP contribution in [0.1, 0.15) is 27.7 Å². The maximum atomic E-state index is 14.3. The molecule has 2 aromatic heterocycles. The van der Waals surface area contributed by atoms with Crippen LogP contribution in [0.2, 0.25) is 0 Å². The van der Waals surface area contributed by atoms with E-state index in [9.17, 15) is 9.59 Å². The van der Waals surface area contributed by atoms with Gasteiger partial charge in [0.1, 0.15) is 17.6 Å². The smallest absolute Gasteiger partial charge is 0.296 e. The molecule has 2 aliphatic heterocycles. The van der Waals surface area contributed by atoms with E-state index in [1.165, 1.54) is 5.69 Å². The third-order valence-electron chi connectivity index (χ3n) is 8.76. The monoisotopic (exact) mass is 601 g/mol. The molecule has 4 heterocycles. The summed E-state index contributed by atoms with van der Waals surface area (Å²) < 4.78 is 7.76. The van der Waals surface area contributed by atoms with Crippen LogP contribution in [-0.2, 0) is 6.42 Å². The topological polar surface area (TPSA) is 95.8 Å². The molecule has 1 unspecified atom stereocenters. The van der Waals surface area contributed by atoms with Crippen LogP contribution < -0.4 is 20.5 Å². The molecular weight excluding hydrogens is 566 g/mol. The van der Waals surface area contributed by atoms with Crippen molar-refractivity contribution in [3.8, 4) is 11.5 Å². The second kappa shape index (κ2) is 11.7. The van der Waals surface area contributed by atoms with Gasteiger partial charge in [0.05, 0.1) is 0 Å². The fourth-order valence-corrected chi connectivity index (χ4v) is 6.07. The van der Waals surface area contributed by atoms with Gasteiger partial charge in [-0.05, 0) is 67.6 Å². The van der Waals surface area contributed by atoms with E-state index < -0.39 is 6.17 Å². The van der Waals surface area contributed by atoms with Crippen LogP contribution in [0.15, 0.2) is 89.9 Å². The van der Waals surface area contributed by atoms with E-state index in [0.717, 1.165) is 43.0 Å². The summed E-state index contributed by atoms with van der Waals surface area (Å²) >= 11 is 0. The molecule has 0 radical (unpaired) electrons. The van der Waals surface area contributed by atoms with Crippen molar-refractivity contribution in [2.75, 3.05) is 50.5 Å². The zero-order valence-electron chi connectivity index (χ0n) is 25.6. The molecule has 1 N–H and O–H groups in total. The minimum absolute atomic E-state index is 0.139. The minimum atomic E-state index is -0.617. The highest BCUT2D eigenvalue weighted by molar-refractivity contribution is 5.96. The predicted octanol–water partition coefficient (Wildman–Crippen LogP) is 5.21. The van der Waals surface area contributed by atoms with Crippen molar-refractivity contribution in [1.29, 1.82) is 0 Å². The average molecular weight is 602 g/mol. The molecule has 7 rings (SSSR count). The van der Waals surface area contributed by atoms with Crippen molar-refractivity contribution in [2.24, 2.45) is 0 Å². The number of hydrogen-bond donors (Lipinski definition) is 1. The highest BCUT2D eigenvalue weighted by Gasteiger charge is 2.33. The molecule has 0 bridgehead atoms. The molecule has 0 saturated carbocycles. The summed E-state index contributed by atoms with van der Waals surface area (Å²) in [5, 5.41) is 3.92. The van der Waals surface area contributed by atoms with Crippen LogP contribution in [0.3, 0.4) is 0 Å². The summed E-state index contributed by atoms with van der Waals surface area (Å²) in [7, 11) is 3.87. The Morgan fingerprint density at radius 3 is 2.38 bits per heavy atom. The first-order chi connectivity index (χ1) is 21.9. The van der Waals surface area contributed by atoms with E-state index in [0.29, 0.717) is 34.7 Å². The van der Waals surface area contributed by atoms with Gasteiger partial charge in [-0.2, -0.15) is 4.98 Å². The maximum absolute atomic E-state index is 14.3. The van der Waals surface area contributed by atoms with E-state index in [2.05, 4.69) is 39.3 Å². The molecule has 10 heteroatoms. The van der Waals surface area contributed by atoms with E-state index in [1.54, 1.807) is 28.8 Å². The number of amides is 1. The number of ether oxygens (including phenoxy) is 1. The Morgan fingerprint density at radius 2 is 1.60 bits per heavy atom. The number of para-hydroxylation sites is 1. The molecule has 1 fully saturated rings. The standard InChI is InChI=1S/C35H35N7O3/c1-23-8-4-7-11-29(23)45-30-20-25-22-36-35(37-26-12-14-27(15-13-26)41-18-16-39(2)17-19-41)38-32(25)42(34(30)44)31-21-24-9-5-6-10-28(24)33(43)40(31)3/h4-15,20,22,31H,16-19,21H2,1-3H3,(H,36,37,38). The molecule has 45 heavy (non-hydrogen) atoms. The predicted molar refractivity (Wildman–Crippen MR) is 176 cm³/mol. The number of pyridine rings is 1. The van der Waals surface area contributed by atoms with Crippen LogP contribution in [0.25, 0.3) is 11.0 Å². The lowest BCUT2D eigenvalue weighted by Crippen LogP contribution is -2.44. The van der Waals surface area contributed by atoms with Gasteiger partial charge in [0, 0.05) is 68.2 Å². The van der Waals surface area contributed by atoms with Gasteiger partial charge in [0.2, 0.25) is 5.95 Å². The van der Waals surface area contributed by atoms with Gasteiger partial charge >= 0.3 is 0 Å². The number of carbonyl (C=O) groups is 1. The lowest BCUT2D eigenvalue weighted by atomic mass is 9.97. The highest BCUT2D eigenvalue weighted by atomic mass is 16.5. The first-order valence-corrected chi connectivity index (χ1v) is 15.2. The number of piperazine rings is 1. The molecule has 10 nitrogen and oxygen atoms in total. The van der Waals surface area contributed by atoms with E-state index in [-0.39, 0.29) is 17.2 Å². The van der Waals surface area contributed by atoms with Gasteiger partial charge in [-0.1, -0.05) is 36.4 Å². The fraction of sp³-hybridized carbons (Fsp3) is 0.257. The van der Waals surface area contributed by atoms with Gasteiger partial charge in [0.15, 0.2) is 5.75 Å². The zero-order valence-corrected chi connectivity index (χ0v) is 25.6. The van der Waals surface area contributed by atoms with Crippen LogP contribution in [0, 0.1) is 6.92 Å². The van der Waals surface area contributed by atoms with Gasteiger partial charge in [-0.15, -0.1) is 0 Å². The lowest BCUT2D eigenvalue weighted by molar-refractivity contribution is 0.0628. The second-order valence-corrected chi connectivity index (χ2v) is 11.7. The molecular formula is C35H35N7O3. The Hall–Kier alpha value is -5.22.